The number of benzene rings is 1. The standard InChI is InChI=1S/C16H24N2O4S/c1-21-11-9-17-8-7-16(13-17)14-5-3-4-6-15(14)23(19,20)18(16)10-12-22-2/h3-6H,7-13H2,1-2H3. The van der Waals surface area contributed by atoms with Crippen LogP contribution in [-0.2, 0) is 25.0 Å². The molecule has 23 heavy (non-hydrogen) atoms. The molecule has 2 heterocycles. The Bertz CT molecular complexity index is 664. The molecule has 128 valence electrons. The van der Waals surface area contributed by atoms with Crippen LogP contribution >= 0.6 is 0 Å². The van der Waals surface area contributed by atoms with Gasteiger partial charge >= 0.3 is 0 Å². The molecule has 3 rings (SSSR count). The van der Waals surface area contributed by atoms with Gasteiger partial charge < -0.3 is 9.47 Å². The van der Waals surface area contributed by atoms with Gasteiger partial charge in [0.2, 0.25) is 10.0 Å². The first-order valence-corrected chi connectivity index (χ1v) is 9.33. The predicted octanol–water partition coefficient (Wildman–Crippen LogP) is 0.885. The lowest BCUT2D eigenvalue weighted by Gasteiger charge is -2.34. The van der Waals surface area contributed by atoms with Crippen molar-refractivity contribution in [3.63, 3.8) is 0 Å². The van der Waals surface area contributed by atoms with Crippen LogP contribution in [0.25, 0.3) is 0 Å². The number of ether oxygens (including phenoxy) is 2. The van der Waals surface area contributed by atoms with Crippen LogP contribution in [0.5, 0.6) is 0 Å². The van der Waals surface area contributed by atoms with E-state index in [9.17, 15) is 8.42 Å². The zero-order chi connectivity index (χ0) is 16.5. The van der Waals surface area contributed by atoms with Gasteiger partial charge in [0, 0.05) is 40.4 Å². The Morgan fingerprint density at radius 3 is 2.57 bits per heavy atom. The molecule has 0 aliphatic carbocycles. The highest BCUT2D eigenvalue weighted by atomic mass is 32.2. The average molecular weight is 340 g/mol. The SMILES string of the molecule is COCCN1CCC2(C1)c1ccccc1S(=O)(=O)N2CCOC. The van der Waals surface area contributed by atoms with Crippen LogP contribution < -0.4 is 0 Å². The molecular formula is C16H24N2O4S. The van der Waals surface area contributed by atoms with Gasteiger partial charge in [0.15, 0.2) is 0 Å². The highest BCUT2D eigenvalue weighted by Crippen LogP contribution is 2.48. The molecule has 0 N–H and O–H groups in total. The average Bonchev–Trinajstić information content (AvgIpc) is 3.04. The van der Waals surface area contributed by atoms with Crippen LogP contribution in [0.2, 0.25) is 0 Å². The smallest absolute Gasteiger partial charge is 0.244 e. The molecule has 2 aliphatic heterocycles. The second-order valence-corrected chi connectivity index (χ2v) is 7.95. The highest BCUT2D eigenvalue weighted by molar-refractivity contribution is 7.89. The topological polar surface area (TPSA) is 59.1 Å². The second-order valence-electron chi connectivity index (χ2n) is 6.12. The fourth-order valence-electron chi connectivity index (χ4n) is 3.77. The first-order valence-electron chi connectivity index (χ1n) is 7.89. The van der Waals surface area contributed by atoms with Crippen molar-refractivity contribution >= 4 is 10.0 Å². The minimum absolute atomic E-state index is 0.381. The van der Waals surface area contributed by atoms with E-state index in [2.05, 4.69) is 4.90 Å². The quantitative estimate of drug-likeness (QED) is 0.770. The number of nitrogens with zero attached hydrogens (tertiary/aromatic N) is 2. The number of fused-ring (bicyclic) bond motifs is 2. The molecule has 1 spiro atoms. The largest absolute Gasteiger partial charge is 0.383 e. The number of hydrogen-bond donors (Lipinski definition) is 0. The number of sulfonamides is 1. The predicted molar refractivity (Wildman–Crippen MR) is 86.8 cm³/mol. The molecule has 0 saturated carbocycles. The van der Waals surface area contributed by atoms with E-state index in [-0.39, 0.29) is 0 Å². The van der Waals surface area contributed by atoms with Gasteiger partial charge in [0.05, 0.1) is 23.6 Å². The van der Waals surface area contributed by atoms with E-state index in [1.807, 2.05) is 12.1 Å². The third-order valence-electron chi connectivity index (χ3n) is 4.87. The van der Waals surface area contributed by atoms with Crippen molar-refractivity contribution in [2.45, 2.75) is 16.9 Å². The van der Waals surface area contributed by atoms with Crippen LogP contribution in [0.1, 0.15) is 12.0 Å². The molecule has 1 aromatic carbocycles. The molecule has 1 unspecified atom stereocenters. The Kier molecular flexibility index (Phi) is 4.75. The van der Waals surface area contributed by atoms with E-state index in [1.165, 1.54) is 0 Å². The van der Waals surface area contributed by atoms with E-state index in [4.69, 9.17) is 9.47 Å². The van der Waals surface area contributed by atoms with Crippen LogP contribution in [0.3, 0.4) is 0 Å². The Labute approximate surface area is 138 Å². The minimum Gasteiger partial charge on any atom is -0.383 e. The Morgan fingerprint density at radius 2 is 1.83 bits per heavy atom. The first-order chi connectivity index (χ1) is 11.1. The molecule has 1 aromatic rings. The zero-order valence-corrected chi connectivity index (χ0v) is 14.5. The third-order valence-corrected chi connectivity index (χ3v) is 6.89. The van der Waals surface area contributed by atoms with Crippen molar-refractivity contribution in [3.05, 3.63) is 29.8 Å². The number of rotatable bonds is 6. The summed E-state index contributed by atoms with van der Waals surface area (Å²) in [6.45, 7) is 3.83. The van der Waals surface area contributed by atoms with Gasteiger partial charge in [0.1, 0.15) is 0 Å². The first kappa shape index (κ1) is 16.9. The fourth-order valence-corrected chi connectivity index (χ4v) is 5.82. The molecule has 0 radical (unpaired) electrons. The molecule has 0 bridgehead atoms. The normalized spacial score (nSPS) is 26.9. The summed E-state index contributed by atoms with van der Waals surface area (Å²) >= 11 is 0. The molecule has 6 nitrogen and oxygen atoms in total. The summed E-state index contributed by atoms with van der Waals surface area (Å²) in [5, 5.41) is 0. The van der Waals surface area contributed by atoms with Crippen LogP contribution in [-0.4, -0.2) is 71.2 Å². The van der Waals surface area contributed by atoms with Crippen LogP contribution in [0, 0.1) is 0 Å². The maximum absolute atomic E-state index is 13.0. The van der Waals surface area contributed by atoms with Crippen LogP contribution in [0.4, 0.5) is 0 Å². The maximum Gasteiger partial charge on any atom is 0.244 e. The summed E-state index contributed by atoms with van der Waals surface area (Å²) in [6.07, 6.45) is 0.802. The van der Waals surface area contributed by atoms with Crippen molar-refractivity contribution in [1.82, 2.24) is 9.21 Å². The number of methoxy groups -OCH3 is 2. The minimum atomic E-state index is -3.46. The molecule has 1 fully saturated rings. The lowest BCUT2D eigenvalue weighted by molar-refractivity contribution is 0.121. The van der Waals surface area contributed by atoms with Gasteiger partial charge in [-0.15, -0.1) is 0 Å². The molecule has 7 heteroatoms. The van der Waals surface area contributed by atoms with Crippen LogP contribution in [0.15, 0.2) is 29.2 Å². The summed E-state index contributed by atoms with van der Waals surface area (Å²) in [4.78, 5) is 2.73. The van der Waals surface area contributed by atoms with E-state index < -0.39 is 15.6 Å². The lowest BCUT2D eigenvalue weighted by Crippen LogP contribution is -2.47. The van der Waals surface area contributed by atoms with Gasteiger partial charge in [-0.2, -0.15) is 4.31 Å². The van der Waals surface area contributed by atoms with Crippen molar-refractivity contribution in [2.24, 2.45) is 0 Å². The van der Waals surface area contributed by atoms with Gasteiger partial charge in [-0.25, -0.2) is 8.42 Å². The zero-order valence-electron chi connectivity index (χ0n) is 13.7. The molecular weight excluding hydrogens is 316 g/mol. The van der Waals surface area contributed by atoms with Crippen molar-refractivity contribution in [2.75, 3.05) is 53.6 Å². The summed E-state index contributed by atoms with van der Waals surface area (Å²) < 4.78 is 38.0. The van der Waals surface area contributed by atoms with E-state index >= 15 is 0 Å². The van der Waals surface area contributed by atoms with Gasteiger partial charge in [0.25, 0.3) is 0 Å². The van der Waals surface area contributed by atoms with E-state index in [0.717, 1.165) is 25.1 Å². The molecule has 1 saturated heterocycles. The maximum atomic E-state index is 13.0. The van der Waals surface area contributed by atoms with E-state index in [0.29, 0.717) is 31.2 Å². The number of likely N-dealkylation sites (tertiary alicyclic amines) is 1. The van der Waals surface area contributed by atoms with E-state index in [1.54, 1.807) is 30.7 Å². The van der Waals surface area contributed by atoms with Crippen molar-refractivity contribution in [1.29, 1.82) is 0 Å². The van der Waals surface area contributed by atoms with Crippen molar-refractivity contribution < 1.29 is 17.9 Å². The summed E-state index contributed by atoms with van der Waals surface area (Å²) in [5.74, 6) is 0. The summed E-state index contributed by atoms with van der Waals surface area (Å²) in [6, 6.07) is 7.39. The monoisotopic (exact) mass is 340 g/mol. The Hall–Kier alpha value is -0.990. The fraction of sp³-hybridized carbons (Fsp3) is 0.625. The second kappa shape index (κ2) is 6.49. The van der Waals surface area contributed by atoms with Crippen molar-refractivity contribution in [3.8, 4) is 0 Å². The molecule has 0 amide bonds. The lowest BCUT2D eigenvalue weighted by atomic mass is 9.89. The highest BCUT2D eigenvalue weighted by Gasteiger charge is 2.56. The Morgan fingerprint density at radius 1 is 1.13 bits per heavy atom. The number of hydrogen-bond acceptors (Lipinski definition) is 5. The molecule has 1 atom stereocenters. The molecule has 0 aromatic heterocycles. The summed E-state index contributed by atoms with van der Waals surface area (Å²) in [5.41, 5.74) is 0.456. The summed E-state index contributed by atoms with van der Waals surface area (Å²) in [7, 11) is -0.173. The van der Waals surface area contributed by atoms with Gasteiger partial charge in [-0.1, -0.05) is 18.2 Å². The molecule has 2 aliphatic rings. The van der Waals surface area contributed by atoms with Gasteiger partial charge in [-0.3, -0.25) is 4.90 Å². The Balaban J connectivity index is 1.99. The third kappa shape index (κ3) is 2.70. The van der Waals surface area contributed by atoms with Gasteiger partial charge in [-0.05, 0) is 18.1 Å².